The molecule has 0 bridgehead atoms. The first-order valence-corrected chi connectivity index (χ1v) is 14.3. The fraction of sp³-hybridized carbons (Fsp3) is 0.286. The standard InChI is InChI=1S/C28H32ClN3O8S/c1-6-39-25-11-8-19(14-27(25)40-7-2)17-30-31-28(33)18-32(22-15-20(29)9-12-23(22)36-3)41(34,35)21-10-13-24(37-4)26(16-21)38-5/h8-17H,6-7,18H2,1-5H3,(H,31,33)/b30-17-. The van der Waals surface area contributed by atoms with Gasteiger partial charge in [-0.3, -0.25) is 9.10 Å². The number of rotatable bonds is 14. The summed E-state index contributed by atoms with van der Waals surface area (Å²) < 4.78 is 55.7. The lowest BCUT2D eigenvalue weighted by Crippen LogP contribution is -2.39. The fourth-order valence-electron chi connectivity index (χ4n) is 3.75. The Labute approximate surface area is 244 Å². The van der Waals surface area contributed by atoms with E-state index >= 15 is 0 Å². The van der Waals surface area contributed by atoms with Crippen LogP contribution in [0.4, 0.5) is 5.69 Å². The summed E-state index contributed by atoms with van der Waals surface area (Å²) >= 11 is 6.20. The largest absolute Gasteiger partial charge is 0.495 e. The molecule has 0 saturated carbocycles. The third-order valence-corrected chi connectivity index (χ3v) is 7.60. The van der Waals surface area contributed by atoms with Gasteiger partial charge in [0, 0.05) is 11.1 Å². The number of sulfonamides is 1. The molecule has 0 heterocycles. The summed E-state index contributed by atoms with van der Waals surface area (Å²) in [4.78, 5) is 12.9. The lowest BCUT2D eigenvalue weighted by atomic mass is 10.2. The van der Waals surface area contributed by atoms with Gasteiger partial charge in [-0.1, -0.05) is 11.6 Å². The summed E-state index contributed by atoms with van der Waals surface area (Å²) in [6.45, 7) is 4.00. The van der Waals surface area contributed by atoms with E-state index in [2.05, 4.69) is 10.5 Å². The zero-order chi connectivity index (χ0) is 30.0. The summed E-state index contributed by atoms with van der Waals surface area (Å²) in [6.07, 6.45) is 1.41. The number of hydrogen-bond acceptors (Lipinski definition) is 9. The number of nitrogens with zero attached hydrogens (tertiary/aromatic N) is 2. The summed E-state index contributed by atoms with van der Waals surface area (Å²) in [5, 5.41) is 4.24. The molecule has 3 aromatic carbocycles. The van der Waals surface area contributed by atoms with E-state index < -0.39 is 22.5 Å². The molecule has 0 aromatic heterocycles. The van der Waals surface area contributed by atoms with Gasteiger partial charge in [-0.2, -0.15) is 5.10 Å². The second-order valence-electron chi connectivity index (χ2n) is 8.21. The maximum absolute atomic E-state index is 13.9. The monoisotopic (exact) mass is 605 g/mol. The molecule has 1 amide bonds. The average Bonchev–Trinajstić information content (AvgIpc) is 2.96. The van der Waals surface area contributed by atoms with Crippen molar-refractivity contribution in [3.05, 3.63) is 65.2 Å². The lowest BCUT2D eigenvalue weighted by molar-refractivity contribution is -0.119. The zero-order valence-electron chi connectivity index (χ0n) is 23.3. The van der Waals surface area contributed by atoms with Crippen LogP contribution in [0.2, 0.25) is 5.02 Å². The molecule has 0 aliphatic heterocycles. The van der Waals surface area contributed by atoms with Crippen molar-refractivity contribution >= 4 is 39.4 Å². The number of ether oxygens (including phenoxy) is 5. The number of halogens is 1. The average molecular weight is 606 g/mol. The summed E-state index contributed by atoms with van der Waals surface area (Å²) in [5.74, 6) is 1.12. The molecule has 0 aliphatic rings. The van der Waals surface area contributed by atoms with Crippen LogP contribution in [-0.2, 0) is 14.8 Å². The SMILES string of the molecule is CCOc1ccc(/C=N\NC(=O)CN(c2cc(Cl)ccc2OC)S(=O)(=O)c2ccc(OC)c(OC)c2)cc1OCC. The van der Waals surface area contributed by atoms with Gasteiger partial charge in [0.15, 0.2) is 23.0 Å². The van der Waals surface area contributed by atoms with Crippen LogP contribution >= 0.6 is 11.6 Å². The predicted octanol–water partition coefficient (Wildman–Crippen LogP) is 4.51. The van der Waals surface area contributed by atoms with Crippen LogP contribution in [0.25, 0.3) is 0 Å². The molecule has 220 valence electrons. The van der Waals surface area contributed by atoms with E-state index in [1.807, 2.05) is 13.8 Å². The molecule has 0 unspecified atom stereocenters. The van der Waals surface area contributed by atoms with Gasteiger partial charge in [0.25, 0.3) is 15.9 Å². The number of anilines is 1. The van der Waals surface area contributed by atoms with Crippen molar-refractivity contribution < 1.29 is 36.9 Å². The van der Waals surface area contributed by atoms with Crippen molar-refractivity contribution in [1.82, 2.24) is 5.43 Å². The molecule has 3 aromatic rings. The third kappa shape index (κ3) is 7.74. The van der Waals surface area contributed by atoms with Crippen molar-refractivity contribution in [3.8, 4) is 28.7 Å². The first kappa shape index (κ1) is 31.4. The van der Waals surface area contributed by atoms with E-state index in [1.54, 1.807) is 24.3 Å². The molecule has 0 radical (unpaired) electrons. The Balaban J connectivity index is 1.93. The van der Waals surface area contributed by atoms with Crippen LogP contribution in [-0.4, -0.2) is 61.6 Å². The number of hydrazone groups is 1. The number of carbonyl (C=O) groups excluding carboxylic acids is 1. The van der Waals surface area contributed by atoms with Crippen LogP contribution in [0.3, 0.4) is 0 Å². The van der Waals surface area contributed by atoms with Crippen LogP contribution in [0, 0.1) is 0 Å². The van der Waals surface area contributed by atoms with Gasteiger partial charge in [0.05, 0.1) is 51.3 Å². The van der Waals surface area contributed by atoms with E-state index in [4.69, 9.17) is 35.3 Å². The van der Waals surface area contributed by atoms with Crippen molar-refractivity contribution in [2.75, 3.05) is 45.4 Å². The first-order chi connectivity index (χ1) is 19.7. The molecule has 3 rings (SSSR count). The molecule has 11 nitrogen and oxygen atoms in total. The van der Waals surface area contributed by atoms with Crippen LogP contribution < -0.4 is 33.4 Å². The Hall–Kier alpha value is -4.16. The van der Waals surface area contributed by atoms with Gasteiger partial charge >= 0.3 is 0 Å². The Bertz CT molecular complexity index is 1500. The van der Waals surface area contributed by atoms with Crippen molar-refractivity contribution in [3.63, 3.8) is 0 Å². The summed E-state index contributed by atoms with van der Waals surface area (Å²) in [5.41, 5.74) is 3.06. The number of benzene rings is 3. The minimum atomic E-state index is -4.34. The minimum absolute atomic E-state index is 0.0572. The van der Waals surface area contributed by atoms with E-state index in [0.29, 0.717) is 36.0 Å². The Morgan fingerprint density at radius 2 is 1.49 bits per heavy atom. The predicted molar refractivity (Wildman–Crippen MR) is 157 cm³/mol. The minimum Gasteiger partial charge on any atom is -0.495 e. The molecule has 41 heavy (non-hydrogen) atoms. The molecular formula is C28H32ClN3O8S. The highest BCUT2D eigenvalue weighted by Gasteiger charge is 2.30. The van der Waals surface area contributed by atoms with Crippen molar-refractivity contribution in [2.45, 2.75) is 18.7 Å². The number of nitrogens with one attached hydrogen (secondary N) is 1. The second-order valence-corrected chi connectivity index (χ2v) is 10.5. The van der Waals surface area contributed by atoms with Crippen molar-refractivity contribution in [1.29, 1.82) is 0 Å². The highest BCUT2D eigenvalue weighted by molar-refractivity contribution is 7.92. The number of carbonyl (C=O) groups is 1. The van der Waals surface area contributed by atoms with Gasteiger partial charge in [0.1, 0.15) is 12.3 Å². The van der Waals surface area contributed by atoms with E-state index in [0.717, 1.165) is 4.31 Å². The lowest BCUT2D eigenvalue weighted by Gasteiger charge is -2.25. The smallest absolute Gasteiger partial charge is 0.265 e. The molecule has 0 fully saturated rings. The Morgan fingerprint density at radius 1 is 0.854 bits per heavy atom. The topological polar surface area (TPSA) is 125 Å². The van der Waals surface area contributed by atoms with Crippen LogP contribution in [0.5, 0.6) is 28.7 Å². The zero-order valence-corrected chi connectivity index (χ0v) is 24.9. The van der Waals surface area contributed by atoms with Gasteiger partial charge < -0.3 is 23.7 Å². The molecular weight excluding hydrogens is 574 g/mol. The van der Waals surface area contributed by atoms with Gasteiger partial charge in [0.2, 0.25) is 0 Å². The number of hydrogen-bond donors (Lipinski definition) is 1. The Morgan fingerprint density at radius 3 is 2.15 bits per heavy atom. The molecule has 0 atom stereocenters. The maximum atomic E-state index is 13.9. The Kier molecular flexibility index (Phi) is 11.1. The van der Waals surface area contributed by atoms with E-state index in [-0.39, 0.29) is 27.1 Å². The highest BCUT2D eigenvalue weighted by Crippen LogP contribution is 2.37. The molecule has 1 N–H and O–H groups in total. The highest BCUT2D eigenvalue weighted by atomic mass is 35.5. The first-order valence-electron chi connectivity index (χ1n) is 12.5. The molecule has 13 heteroatoms. The fourth-order valence-corrected chi connectivity index (χ4v) is 5.36. The molecule has 0 saturated heterocycles. The van der Waals surface area contributed by atoms with Crippen LogP contribution in [0.1, 0.15) is 19.4 Å². The van der Waals surface area contributed by atoms with E-state index in [1.165, 1.54) is 57.9 Å². The van der Waals surface area contributed by atoms with Crippen LogP contribution in [0.15, 0.2) is 64.6 Å². The summed E-state index contributed by atoms with van der Waals surface area (Å²) in [7, 11) is -0.135. The molecule has 0 spiro atoms. The molecule has 0 aliphatic carbocycles. The van der Waals surface area contributed by atoms with Crippen molar-refractivity contribution in [2.24, 2.45) is 5.10 Å². The maximum Gasteiger partial charge on any atom is 0.265 e. The second kappa shape index (κ2) is 14.5. The summed E-state index contributed by atoms with van der Waals surface area (Å²) in [6, 6.07) is 13.7. The van der Waals surface area contributed by atoms with Gasteiger partial charge in [-0.05, 0) is 67.9 Å². The number of amides is 1. The normalized spacial score (nSPS) is 11.2. The number of methoxy groups -OCH3 is 3. The third-order valence-electron chi connectivity index (χ3n) is 5.61. The van der Waals surface area contributed by atoms with Gasteiger partial charge in [-0.15, -0.1) is 0 Å². The van der Waals surface area contributed by atoms with E-state index in [9.17, 15) is 13.2 Å². The quantitative estimate of drug-likeness (QED) is 0.210. The van der Waals surface area contributed by atoms with Gasteiger partial charge in [-0.25, -0.2) is 13.8 Å².